The van der Waals surface area contributed by atoms with Gasteiger partial charge in [-0.15, -0.1) is 0 Å². The molecule has 0 radical (unpaired) electrons. The van der Waals surface area contributed by atoms with E-state index in [0.29, 0.717) is 0 Å². The second-order valence-electron chi connectivity index (χ2n) is 18.9. The molecule has 0 spiro atoms. The lowest BCUT2D eigenvalue weighted by Gasteiger charge is -2.28. The summed E-state index contributed by atoms with van der Waals surface area (Å²) in [5.74, 6) is 0. The highest BCUT2D eigenvalue weighted by atomic mass is 15.1. The quantitative estimate of drug-likeness (QED) is 0.151. The molecule has 1 aromatic heterocycles. The first-order valence-electron chi connectivity index (χ1n) is 23.4. The molecule has 0 unspecified atom stereocenters. The van der Waals surface area contributed by atoms with Crippen LogP contribution >= 0.6 is 0 Å². The van der Waals surface area contributed by atoms with Crippen LogP contribution in [-0.4, -0.2) is 4.57 Å². The van der Waals surface area contributed by atoms with E-state index in [1.807, 2.05) is 0 Å². The first-order chi connectivity index (χ1) is 33.0. The SMILES string of the molecule is CC1(C)c2ccccc2-c2ccc(N(c3ccc(-c4ccccc4)cc3)c3ccc(-c4ccc5c6c7ccc8cccc9ccc(cc6n(-c6cccc%10ccccc6%10)c5c4)c7c98)cc3)cc21. The van der Waals surface area contributed by atoms with Gasteiger partial charge in [-0.3, -0.25) is 0 Å². The molecular formula is C65H44N2. The molecule has 0 aliphatic heterocycles. The number of fused-ring (bicyclic) bond motifs is 8. The molecule has 0 saturated heterocycles. The topological polar surface area (TPSA) is 8.17 Å². The fourth-order valence-electron chi connectivity index (χ4n) is 11.7. The van der Waals surface area contributed by atoms with Gasteiger partial charge in [-0.05, 0) is 137 Å². The Morgan fingerprint density at radius 1 is 0.328 bits per heavy atom. The van der Waals surface area contributed by atoms with E-state index in [1.165, 1.54) is 115 Å². The van der Waals surface area contributed by atoms with Crippen LogP contribution in [0.25, 0.3) is 104 Å². The third kappa shape index (κ3) is 5.63. The van der Waals surface area contributed by atoms with Crippen LogP contribution in [0.3, 0.4) is 0 Å². The Labute approximate surface area is 389 Å². The van der Waals surface area contributed by atoms with Gasteiger partial charge in [0.15, 0.2) is 0 Å². The summed E-state index contributed by atoms with van der Waals surface area (Å²) in [4.78, 5) is 2.42. The molecule has 0 bridgehead atoms. The average Bonchev–Trinajstić information content (AvgIpc) is 3.83. The molecule has 0 amide bonds. The summed E-state index contributed by atoms with van der Waals surface area (Å²) in [5.41, 5.74) is 17.0. The summed E-state index contributed by atoms with van der Waals surface area (Å²) in [6.45, 7) is 4.72. The normalized spacial score (nSPS) is 13.0. The van der Waals surface area contributed by atoms with Crippen LogP contribution in [0.15, 0.2) is 231 Å². The lowest BCUT2D eigenvalue weighted by molar-refractivity contribution is 0.660. The minimum atomic E-state index is -0.112. The summed E-state index contributed by atoms with van der Waals surface area (Å²) in [6, 6.07) is 85.7. The van der Waals surface area contributed by atoms with Gasteiger partial charge in [0.1, 0.15) is 0 Å². The highest BCUT2D eigenvalue weighted by molar-refractivity contribution is 6.33. The van der Waals surface area contributed by atoms with Crippen molar-refractivity contribution in [2.24, 2.45) is 0 Å². The van der Waals surface area contributed by atoms with Crippen LogP contribution in [0.1, 0.15) is 25.0 Å². The fraction of sp³-hybridized carbons (Fsp3) is 0.0462. The van der Waals surface area contributed by atoms with Crippen LogP contribution in [0.2, 0.25) is 0 Å². The van der Waals surface area contributed by atoms with Crippen molar-refractivity contribution in [1.82, 2.24) is 4.57 Å². The lowest BCUT2D eigenvalue weighted by atomic mass is 9.82. The van der Waals surface area contributed by atoms with Crippen LogP contribution in [0.5, 0.6) is 0 Å². The van der Waals surface area contributed by atoms with Crippen molar-refractivity contribution < 1.29 is 0 Å². The zero-order valence-corrected chi connectivity index (χ0v) is 37.3. The third-order valence-corrected chi connectivity index (χ3v) is 14.9. The Kier molecular flexibility index (Phi) is 8.06. The van der Waals surface area contributed by atoms with Crippen LogP contribution in [-0.2, 0) is 5.41 Å². The van der Waals surface area contributed by atoms with Crippen molar-refractivity contribution in [2.45, 2.75) is 19.3 Å². The van der Waals surface area contributed by atoms with E-state index in [4.69, 9.17) is 0 Å². The van der Waals surface area contributed by atoms with E-state index < -0.39 is 0 Å². The molecule has 0 N–H and O–H groups in total. The van der Waals surface area contributed by atoms with E-state index in [2.05, 4.69) is 254 Å². The minimum Gasteiger partial charge on any atom is -0.310 e. The van der Waals surface area contributed by atoms with Gasteiger partial charge < -0.3 is 9.47 Å². The predicted octanol–water partition coefficient (Wildman–Crippen LogP) is 17.9. The third-order valence-electron chi connectivity index (χ3n) is 14.9. The van der Waals surface area contributed by atoms with Crippen molar-refractivity contribution >= 4 is 82.0 Å². The number of hydrogen-bond donors (Lipinski definition) is 0. The first kappa shape index (κ1) is 37.9. The van der Waals surface area contributed by atoms with E-state index >= 15 is 0 Å². The summed E-state index contributed by atoms with van der Waals surface area (Å²) < 4.78 is 2.52. The number of hydrogen-bond acceptors (Lipinski definition) is 1. The van der Waals surface area contributed by atoms with E-state index in [9.17, 15) is 0 Å². The smallest absolute Gasteiger partial charge is 0.0553 e. The molecule has 1 aliphatic rings. The van der Waals surface area contributed by atoms with Gasteiger partial charge in [0.25, 0.3) is 0 Å². The molecule has 12 aromatic carbocycles. The number of benzene rings is 12. The standard InChI is InChI=1S/C65H44N2/c1-65(2)57-20-9-8-19-53(57)54-37-34-51(40-58(54)65)66(49-30-24-42(25-31-49)41-12-4-3-5-13-41)50-32-26-43(27-33-50)47-29-35-55-60(38-47)67(59-21-11-15-44-14-6-7-18-52(44)59)61-39-48-23-22-45-16-10-17-46-28-36-56(64(55)61)63(48)62(45)46/h3-40H,1-2H3. The van der Waals surface area contributed by atoms with Gasteiger partial charge in [-0.25, -0.2) is 0 Å². The Balaban J connectivity index is 0.938. The molecule has 1 heterocycles. The van der Waals surface area contributed by atoms with Crippen molar-refractivity contribution in [1.29, 1.82) is 0 Å². The second kappa shape index (κ2) is 14.3. The molecule has 14 rings (SSSR count). The van der Waals surface area contributed by atoms with Gasteiger partial charge >= 0.3 is 0 Å². The molecule has 13 aromatic rings. The second-order valence-corrected chi connectivity index (χ2v) is 18.9. The van der Waals surface area contributed by atoms with Crippen LogP contribution in [0, 0.1) is 0 Å². The fourth-order valence-corrected chi connectivity index (χ4v) is 11.7. The minimum absolute atomic E-state index is 0.112. The number of nitrogens with zero attached hydrogens (tertiary/aromatic N) is 2. The Hall–Kier alpha value is -8.46. The highest BCUT2D eigenvalue weighted by Gasteiger charge is 2.35. The maximum atomic E-state index is 2.52. The number of aromatic nitrogens is 1. The average molecular weight is 853 g/mol. The van der Waals surface area contributed by atoms with Gasteiger partial charge in [0, 0.05) is 38.6 Å². The molecule has 1 aliphatic carbocycles. The van der Waals surface area contributed by atoms with Gasteiger partial charge in [-0.1, -0.05) is 190 Å². The van der Waals surface area contributed by atoms with Gasteiger partial charge in [0.05, 0.1) is 16.7 Å². The molecule has 0 atom stereocenters. The molecule has 0 fully saturated rings. The Bertz CT molecular complexity index is 4080. The molecular weight excluding hydrogens is 809 g/mol. The van der Waals surface area contributed by atoms with Crippen molar-refractivity contribution in [3.05, 3.63) is 242 Å². The van der Waals surface area contributed by atoms with E-state index in [0.717, 1.165) is 17.1 Å². The first-order valence-corrected chi connectivity index (χ1v) is 23.4. The van der Waals surface area contributed by atoms with Crippen LogP contribution < -0.4 is 4.90 Å². The monoisotopic (exact) mass is 852 g/mol. The zero-order chi connectivity index (χ0) is 44.4. The van der Waals surface area contributed by atoms with Crippen LogP contribution in [0.4, 0.5) is 17.1 Å². The van der Waals surface area contributed by atoms with Gasteiger partial charge in [-0.2, -0.15) is 0 Å². The summed E-state index contributed by atoms with van der Waals surface area (Å²) >= 11 is 0. The molecule has 67 heavy (non-hydrogen) atoms. The zero-order valence-electron chi connectivity index (χ0n) is 37.3. The van der Waals surface area contributed by atoms with Crippen molar-refractivity contribution in [3.8, 4) is 39.1 Å². The molecule has 0 saturated carbocycles. The Morgan fingerprint density at radius 3 is 1.72 bits per heavy atom. The maximum Gasteiger partial charge on any atom is 0.0553 e. The lowest BCUT2D eigenvalue weighted by Crippen LogP contribution is -2.16. The molecule has 314 valence electrons. The predicted molar refractivity (Wildman–Crippen MR) is 285 cm³/mol. The maximum absolute atomic E-state index is 2.52. The van der Waals surface area contributed by atoms with Crippen molar-refractivity contribution in [2.75, 3.05) is 4.90 Å². The molecule has 2 nitrogen and oxygen atoms in total. The summed E-state index contributed by atoms with van der Waals surface area (Å²) in [5, 5.41) is 12.8. The Morgan fingerprint density at radius 2 is 0.910 bits per heavy atom. The largest absolute Gasteiger partial charge is 0.310 e. The highest BCUT2D eigenvalue weighted by Crippen LogP contribution is 2.51. The number of rotatable bonds is 6. The van der Waals surface area contributed by atoms with E-state index in [-0.39, 0.29) is 5.41 Å². The van der Waals surface area contributed by atoms with Gasteiger partial charge in [0.2, 0.25) is 0 Å². The van der Waals surface area contributed by atoms with E-state index in [1.54, 1.807) is 0 Å². The molecule has 2 heteroatoms. The number of anilines is 3. The van der Waals surface area contributed by atoms with Crippen molar-refractivity contribution in [3.63, 3.8) is 0 Å². The summed E-state index contributed by atoms with van der Waals surface area (Å²) in [6.07, 6.45) is 0. The summed E-state index contributed by atoms with van der Waals surface area (Å²) in [7, 11) is 0.